The Hall–Kier alpha value is -2.71. The first-order valence-corrected chi connectivity index (χ1v) is 10.2. The van der Waals surface area contributed by atoms with Gasteiger partial charge in [-0.15, -0.1) is 0 Å². The fraction of sp³-hybridized carbons (Fsp3) is 0.476. The van der Waals surface area contributed by atoms with Gasteiger partial charge in [0.25, 0.3) is 0 Å². The largest absolute Gasteiger partial charge is 0.378 e. The number of ether oxygens (including phenoxy) is 2. The molecule has 29 heavy (non-hydrogen) atoms. The second-order valence-electron chi connectivity index (χ2n) is 7.74. The van der Waals surface area contributed by atoms with Gasteiger partial charge in [-0.3, -0.25) is 0 Å². The van der Waals surface area contributed by atoms with Gasteiger partial charge in [0.05, 0.1) is 42.7 Å². The summed E-state index contributed by atoms with van der Waals surface area (Å²) in [5.74, 6) is 1.67. The van der Waals surface area contributed by atoms with Crippen molar-refractivity contribution in [1.29, 1.82) is 0 Å². The minimum atomic E-state index is 0.153. The highest BCUT2D eigenvalue weighted by molar-refractivity contribution is 5.89. The van der Waals surface area contributed by atoms with Crippen LogP contribution >= 0.6 is 0 Å². The number of rotatable bonds is 3. The maximum absolute atomic E-state index is 5.94. The summed E-state index contributed by atoms with van der Waals surface area (Å²) in [5.41, 5.74) is 1.82. The highest BCUT2D eigenvalue weighted by atomic mass is 16.5. The fourth-order valence-corrected chi connectivity index (χ4v) is 4.14. The number of fused-ring (bicyclic) bond motifs is 1. The summed E-state index contributed by atoms with van der Waals surface area (Å²) < 4.78 is 13.4. The molecule has 5 rings (SSSR count). The molecular formula is C21H26N6O2. The fourth-order valence-electron chi connectivity index (χ4n) is 4.14. The van der Waals surface area contributed by atoms with Crippen molar-refractivity contribution in [3.63, 3.8) is 0 Å². The van der Waals surface area contributed by atoms with Crippen molar-refractivity contribution < 1.29 is 9.47 Å². The first-order valence-electron chi connectivity index (χ1n) is 10.2. The van der Waals surface area contributed by atoms with Gasteiger partial charge >= 0.3 is 0 Å². The Kier molecular flexibility index (Phi) is 4.81. The zero-order valence-corrected chi connectivity index (χ0v) is 16.9. The molecule has 2 saturated heterocycles. The monoisotopic (exact) mass is 394 g/mol. The minimum absolute atomic E-state index is 0.153. The molecule has 8 heteroatoms. The molecule has 0 amide bonds. The van der Waals surface area contributed by atoms with E-state index in [0.717, 1.165) is 54.7 Å². The minimum Gasteiger partial charge on any atom is -0.378 e. The highest BCUT2D eigenvalue weighted by Gasteiger charge is 2.27. The summed E-state index contributed by atoms with van der Waals surface area (Å²) in [6.45, 7) is 8.79. The zero-order chi connectivity index (χ0) is 19.8. The molecule has 2 atom stereocenters. The van der Waals surface area contributed by atoms with Gasteiger partial charge in [-0.2, -0.15) is 15.1 Å². The standard InChI is InChI=1S/C21H26N6O2/c1-15-13-26(14-16(2)29-15)19-18-12-22-27(17-6-4-3-5-7-17)20(18)24-21(23-19)25-8-10-28-11-9-25/h3-7,12,15-16H,8-11,13-14H2,1-2H3/t15-,16-/m1/s1. The number of hydrogen-bond acceptors (Lipinski definition) is 7. The molecule has 3 aromatic rings. The molecule has 1 aromatic carbocycles. The molecule has 0 bridgehead atoms. The summed E-state index contributed by atoms with van der Waals surface area (Å²) in [6.07, 6.45) is 2.19. The Balaban J connectivity index is 1.65. The predicted molar refractivity (Wildman–Crippen MR) is 112 cm³/mol. The molecule has 0 unspecified atom stereocenters. The Morgan fingerprint density at radius 2 is 1.66 bits per heavy atom. The number of anilines is 2. The maximum atomic E-state index is 5.94. The van der Waals surface area contributed by atoms with Crippen LogP contribution < -0.4 is 9.80 Å². The molecule has 152 valence electrons. The summed E-state index contributed by atoms with van der Waals surface area (Å²) >= 11 is 0. The lowest BCUT2D eigenvalue weighted by Crippen LogP contribution is -2.46. The Morgan fingerprint density at radius 3 is 2.38 bits per heavy atom. The number of morpholine rings is 2. The highest BCUT2D eigenvalue weighted by Crippen LogP contribution is 2.30. The average molecular weight is 394 g/mol. The summed E-state index contributed by atoms with van der Waals surface area (Å²) in [7, 11) is 0. The van der Waals surface area contributed by atoms with E-state index in [9.17, 15) is 0 Å². The van der Waals surface area contributed by atoms with E-state index in [2.05, 4.69) is 28.7 Å². The lowest BCUT2D eigenvalue weighted by molar-refractivity contribution is -0.00537. The van der Waals surface area contributed by atoms with Gasteiger partial charge in [-0.1, -0.05) is 18.2 Å². The summed E-state index contributed by atoms with van der Waals surface area (Å²) in [4.78, 5) is 14.4. The molecule has 4 heterocycles. The smallest absolute Gasteiger partial charge is 0.229 e. The van der Waals surface area contributed by atoms with Crippen LogP contribution in [0.4, 0.5) is 11.8 Å². The van der Waals surface area contributed by atoms with E-state index in [4.69, 9.17) is 19.4 Å². The van der Waals surface area contributed by atoms with E-state index < -0.39 is 0 Å². The third-order valence-electron chi connectivity index (χ3n) is 5.41. The van der Waals surface area contributed by atoms with Crippen molar-refractivity contribution in [2.24, 2.45) is 0 Å². The van der Waals surface area contributed by atoms with Gasteiger partial charge in [0.15, 0.2) is 5.65 Å². The Bertz CT molecular complexity index is 976. The topological polar surface area (TPSA) is 68.5 Å². The second kappa shape index (κ2) is 7.61. The van der Waals surface area contributed by atoms with E-state index in [-0.39, 0.29) is 12.2 Å². The molecule has 0 spiro atoms. The van der Waals surface area contributed by atoms with E-state index in [0.29, 0.717) is 13.2 Å². The van der Waals surface area contributed by atoms with Gasteiger partial charge in [0.2, 0.25) is 5.95 Å². The molecule has 0 radical (unpaired) electrons. The van der Waals surface area contributed by atoms with Gasteiger partial charge < -0.3 is 19.3 Å². The number of nitrogens with zero attached hydrogens (tertiary/aromatic N) is 6. The van der Waals surface area contributed by atoms with Crippen LogP contribution in [0.1, 0.15) is 13.8 Å². The molecule has 2 aliphatic heterocycles. The predicted octanol–water partition coefficient (Wildman–Crippen LogP) is 2.27. The van der Waals surface area contributed by atoms with Crippen molar-refractivity contribution >= 4 is 22.8 Å². The third-order valence-corrected chi connectivity index (χ3v) is 5.41. The average Bonchev–Trinajstić information content (AvgIpc) is 3.17. The van der Waals surface area contributed by atoms with Crippen LogP contribution in [0.15, 0.2) is 36.5 Å². The van der Waals surface area contributed by atoms with E-state index in [1.54, 1.807) is 0 Å². The normalized spacial score (nSPS) is 23.0. The second-order valence-corrected chi connectivity index (χ2v) is 7.74. The number of para-hydroxylation sites is 1. The van der Waals surface area contributed by atoms with Gasteiger partial charge in [0, 0.05) is 26.2 Å². The number of benzene rings is 1. The summed E-state index contributed by atoms with van der Waals surface area (Å²) in [6, 6.07) is 10.1. The van der Waals surface area contributed by atoms with Crippen LogP contribution in [0.5, 0.6) is 0 Å². The van der Waals surface area contributed by atoms with Gasteiger partial charge in [0.1, 0.15) is 5.82 Å². The molecule has 0 aliphatic carbocycles. The maximum Gasteiger partial charge on any atom is 0.229 e. The Morgan fingerprint density at radius 1 is 0.931 bits per heavy atom. The molecular weight excluding hydrogens is 368 g/mol. The molecule has 8 nitrogen and oxygen atoms in total. The van der Waals surface area contributed by atoms with E-state index >= 15 is 0 Å². The first kappa shape index (κ1) is 18.3. The van der Waals surface area contributed by atoms with Crippen LogP contribution in [0.3, 0.4) is 0 Å². The molecule has 2 fully saturated rings. The van der Waals surface area contributed by atoms with Gasteiger partial charge in [-0.05, 0) is 26.0 Å². The van der Waals surface area contributed by atoms with Crippen LogP contribution in [0.2, 0.25) is 0 Å². The van der Waals surface area contributed by atoms with E-state index in [1.165, 1.54) is 0 Å². The van der Waals surface area contributed by atoms with Crippen molar-refractivity contribution in [2.45, 2.75) is 26.1 Å². The lowest BCUT2D eigenvalue weighted by atomic mass is 10.2. The zero-order valence-electron chi connectivity index (χ0n) is 16.9. The first-order chi connectivity index (χ1) is 14.2. The van der Waals surface area contributed by atoms with Crippen molar-refractivity contribution in [3.05, 3.63) is 36.5 Å². The summed E-state index contributed by atoms with van der Waals surface area (Å²) in [5, 5.41) is 5.62. The molecule has 0 N–H and O–H groups in total. The van der Waals surface area contributed by atoms with Gasteiger partial charge in [-0.25, -0.2) is 4.68 Å². The molecule has 0 saturated carbocycles. The number of aromatic nitrogens is 4. The third kappa shape index (κ3) is 3.54. The van der Waals surface area contributed by atoms with Crippen molar-refractivity contribution in [2.75, 3.05) is 49.2 Å². The molecule has 2 aliphatic rings. The van der Waals surface area contributed by atoms with Crippen LogP contribution in [-0.2, 0) is 9.47 Å². The quantitative estimate of drug-likeness (QED) is 0.675. The lowest BCUT2D eigenvalue weighted by Gasteiger charge is -2.36. The van der Waals surface area contributed by atoms with Crippen LogP contribution in [0.25, 0.3) is 16.7 Å². The number of hydrogen-bond donors (Lipinski definition) is 0. The van der Waals surface area contributed by atoms with Crippen LogP contribution in [0, 0.1) is 0 Å². The van der Waals surface area contributed by atoms with Crippen LogP contribution in [-0.4, -0.2) is 71.3 Å². The van der Waals surface area contributed by atoms with E-state index in [1.807, 2.05) is 41.2 Å². The molecule has 2 aromatic heterocycles. The SMILES string of the molecule is C[C@@H]1CN(c2nc(N3CCOCC3)nc3c2cnn3-c2ccccc2)C[C@@H](C)O1. The van der Waals surface area contributed by atoms with Crippen molar-refractivity contribution in [3.8, 4) is 5.69 Å². The van der Waals surface area contributed by atoms with Crippen molar-refractivity contribution in [1.82, 2.24) is 19.7 Å². The Labute approximate surface area is 170 Å².